The zero-order valence-corrected chi connectivity index (χ0v) is 48.5. The molecule has 17 nitrogen and oxygen atoms in total. The standard InChI is InChI=1S/2C24H21BrN4O3.CH2O3.2K.H/c1-14-20-19(21(27(2)22(14)30)26-16-10-8-15(25)9-11-16)23(31)29(18-12-13-18)24(32)28(20)17-6-4-3-5-7-17;1-14-20(26-16-6-4-3-5-7-16)19-21(27(2)22(14)30)28(17-10-8-15(25)9-11-17)24(32)29(23(19)31)18-12-13-18;2-1-4-3;;;/h2*3-11,18,26H,12-13H2,1-2H3;1,3H;;;/q;;;2*+1;-1/p-1. The Morgan fingerprint density at radius 1 is 0.586 bits per heavy atom. The third kappa shape index (κ3) is 11.1. The number of benzene rings is 4. The van der Waals surface area contributed by atoms with Crippen LogP contribution in [0.1, 0.15) is 50.3 Å². The first-order chi connectivity index (χ1) is 32.7. The summed E-state index contributed by atoms with van der Waals surface area (Å²) in [6, 6.07) is 33.0. The fraction of sp³-hybridized carbons (Fsp3) is 0.204. The fourth-order valence-electron chi connectivity index (χ4n) is 8.19. The van der Waals surface area contributed by atoms with Gasteiger partial charge < -0.3 is 22.2 Å². The summed E-state index contributed by atoms with van der Waals surface area (Å²) in [6.07, 6.45) is 3.14. The SMILES string of the molecule is Cc1c(=O)n(C)c(Nc2ccc(Br)cc2)c2c(=O)n(C3CC3)c(=O)n(-c3ccccc3)c12.Cc1c(Nc2ccccc2)c2c(=O)n(C3CC3)c(=O)n(-c3ccc(Br)cc3)c2n(C)c1=O.O=CO[O-].[H-].[K+].[K+]. The maximum atomic E-state index is 13.7. The second kappa shape index (κ2) is 23.6. The molecule has 0 aliphatic heterocycles. The molecular weight excluding hydrogens is 1080 g/mol. The molecule has 70 heavy (non-hydrogen) atoms. The Morgan fingerprint density at radius 2 is 1.03 bits per heavy atom. The third-order valence-electron chi connectivity index (χ3n) is 11.8. The predicted octanol–water partition coefficient (Wildman–Crippen LogP) is 0.556. The number of pyridine rings is 2. The van der Waals surface area contributed by atoms with Crippen LogP contribution < -0.4 is 152 Å². The zero-order chi connectivity index (χ0) is 48.6. The number of nitrogens with zero attached hydrogens (tertiary/aromatic N) is 6. The number of aryl methyl sites for hydroxylation is 2. The number of halogens is 2. The number of nitrogens with one attached hydrogen (secondary N) is 2. The Balaban J connectivity index is 0.000000236. The van der Waals surface area contributed by atoms with E-state index in [2.05, 4.69) is 47.4 Å². The fourth-order valence-corrected chi connectivity index (χ4v) is 8.72. The second-order valence-corrected chi connectivity index (χ2v) is 18.1. The van der Waals surface area contributed by atoms with E-state index in [0.29, 0.717) is 50.3 Å². The van der Waals surface area contributed by atoms with Gasteiger partial charge >= 0.3 is 114 Å². The van der Waals surface area contributed by atoms with Gasteiger partial charge in [0.1, 0.15) is 22.2 Å². The predicted molar refractivity (Wildman–Crippen MR) is 267 cm³/mol. The van der Waals surface area contributed by atoms with Crippen LogP contribution in [0, 0.1) is 13.8 Å². The van der Waals surface area contributed by atoms with Crippen LogP contribution in [0.5, 0.6) is 0 Å². The largest absolute Gasteiger partial charge is 1.00 e. The van der Waals surface area contributed by atoms with Crippen LogP contribution in [0.4, 0.5) is 22.9 Å². The van der Waals surface area contributed by atoms with Gasteiger partial charge in [-0.15, -0.1) is 0 Å². The summed E-state index contributed by atoms with van der Waals surface area (Å²) in [6.45, 7) is 3.18. The molecule has 0 radical (unpaired) electrons. The van der Waals surface area contributed by atoms with E-state index in [9.17, 15) is 28.8 Å². The van der Waals surface area contributed by atoms with Crippen molar-refractivity contribution in [2.45, 2.75) is 51.6 Å². The number of rotatable bonds is 9. The minimum atomic E-state index is -0.433. The Labute approximate surface area is 502 Å². The average molecular weight is 1130 g/mol. The van der Waals surface area contributed by atoms with Crippen LogP contribution in [0.25, 0.3) is 33.3 Å². The van der Waals surface area contributed by atoms with Crippen molar-refractivity contribution in [3.8, 4) is 11.4 Å². The van der Waals surface area contributed by atoms with Gasteiger partial charge in [-0.25, -0.2) is 14.2 Å². The molecule has 0 bridgehead atoms. The summed E-state index contributed by atoms with van der Waals surface area (Å²) in [5.41, 5.74) is 2.34. The summed E-state index contributed by atoms with van der Waals surface area (Å²) in [4.78, 5) is 92.1. The van der Waals surface area contributed by atoms with Gasteiger partial charge in [-0.3, -0.25) is 46.8 Å². The number of hydrogen-bond donors (Lipinski definition) is 2. The third-order valence-corrected chi connectivity index (χ3v) is 12.8. The molecule has 0 spiro atoms. The van der Waals surface area contributed by atoms with Crippen LogP contribution in [0.3, 0.4) is 0 Å². The first-order valence-corrected chi connectivity index (χ1v) is 23.0. The summed E-state index contributed by atoms with van der Waals surface area (Å²) in [5.74, 6) is 0.363. The minimum Gasteiger partial charge on any atom is -1.00 e. The van der Waals surface area contributed by atoms with E-state index in [0.717, 1.165) is 46.0 Å². The second-order valence-electron chi connectivity index (χ2n) is 16.3. The quantitative estimate of drug-likeness (QED) is 0.0885. The minimum absolute atomic E-state index is 0. The van der Waals surface area contributed by atoms with Crippen molar-refractivity contribution in [2.24, 2.45) is 14.1 Å². The van der Waals surface area contributed by atoms with E-state index in [-0.39, 0.29) is 151 Å². The number of para-hydroxylation sites is 2. The van der Waals surface area contributed by atoms with Gasteiger partial charge in [0, 0.05) is 57.6 Å². The van der Waals surface area contributed by atoms with Gasteiger partial charge in [0.25, 0.3) is 28.7 Å². The van der Waals surface area contributed by atoms with E-state index < -0.39 is 11.4 Å². The maximum absolute atomic E-state index is 13.7. The van der Waals surface area contributed by atoms with Gasteiger partial charge in [0.15, 0.2) is 0 Å². The maximum Gasteiger partial charge on any atom is 1.00 e. The van der Waals surface area contributed by atoms with Crippen molar-refractivity contribution in [1.29, 1.82) is 0 Å². The zero-order valence-electron chi connectivity index (χ0n) is 40.1. The van der Waals surface area contributed by atoms with Gasteiger partial charge in [0.05, 0.1) is 22.6 Å². The molecule has 0 atom stereocenters. The van der Waals surface area contributed by atoms with E-state index in [4.69, 9.17) is 10.1 Å². The first-order valence-electron chi connectivity index (χ1n) is 21.4. The van der Waals surface area contributed by atoms with E-state index in [1.165, 1.54) is 27.4 Å². The normalized spacial score (nSPS) is 12.6. The van der Waals surface area contributed by atoms with Gasteiger partial charge in [-0.2, -0.15) is 0 Å². The molecule has 2 aliphatic rings. The van der Waals surface area contributed by atoms with Crippen LogP contribution >= 0.6 is 31.9 Å². The molecule has 0 amide bonds. The molecule has 2 saturated carbocycles. The van der Waals surface area contributed by atoms with Crippen molar-refractivity contribution in [3.63, 3.8) is 0 Å². The molecule has 4 heterocycles. The van der Waals surface area contributed by atoms with Crippen molar-refractivity contribution < 1.29 is 119 Å². The van der Waals surface area contributed by atoms with Gasteiger partial charge in [0.2, 0.25) is 0 Å². The van der Waals surface area contributed by atoms with Crippen LogP contribution in [-0.4, -0.2) is 33.9 Å². The van der Waals surface area contributed by atoms with E-state index >= 15 is 0 Å². The monoisotopic (exact) mass is 1120 g/mol. The van der Waals surface area contributed by atoms with Gasteiger partial charge in [-0.05, 0) is 112 Å². The van der Waals surface area contributed by atoms with Crippen molar-refractivity contribution in [1.82, 2.24) is 27.4 Å². The molecule has 0 unspecified atom stereocenters. The van der Waals surface area contributed by atoms with Gasteiger partial charge in [-0.1, -0.05) is 68.3 Å². The van der Waals surface area contributed by atoms with E-state index in [1.807, 2.05) is 84.9 Å². The Kier molecular flexibility index (Phi) is 18.7. The summed E-state index contributed by atoms with van der Waals surface area (Å²) in [5, 5.41) is 15.6. The molecule has 2 fully saturated rings. The molecule has 0 saturated heterocycles. The molecule has 4 aromatic heterocycles. The van der Waals surface area contributed by atoms with Crippen LogP contribution in [-0.2, 0) is 23.8 Å². The Bertz CT molecular complexity index is 3630. The number of fused-ring (bicyclic) bond motifs is 2. The smallest absolute Gasteiger partial charge is 1.00 e. The molecule has 4 aromatic carbocycles. The van der Waals surface area contributed by atoms with Crippen LogP contribution in [0.15, 0.2) is 147 Å². The van der Waals surface area contributed by atoms with Crippen molar-refractivity contribution in [3.05, 3.63) is 192 Å². The average Bonchev–Trinajstić information content (AvgIpc) is 4.30. The summed E-state index contributed by atoms with van der Waals surface area (Å²) in [7, 11) is 3.23. The summed E-state index contributed by atoms with van der Waals surface area (Å²) < 4.78 is 10.3. The molecular formula is C49H44Br2K2N8O9. The summed E-state index contributed by atoms with van der Waals surface area (Å²) >= 11 is 6.84. The van der Waals surface area contributed by atoms with E-state index in [1.54, 1.807) is 52.2 Å². The van der Waals surface area contributed by atoms with Crippen molar-refractivity contribution in [2.75, 3.05) is 10.6 Å². The number of carbonyl (C=O) groups is 1. The topological polar surface area (TPSA) is 205 Å². The number of aromatic nitrogens is 6. The molecule has 21 heteroatoms. The number of carbonyl (C=O) groups excluding carboxylic acids is 1. The Hall–Kier alpha value is -4.08. The Morgan fingerprint density at radius 3 is 1.54 bits per heavy atom. The van der Waals surface area contributed by atoms with Crippen LogP contribution in [0.2, 0.25) is 0 Å². The molecule has 350 valence electrons. The molecule has 2 N–H and O–H groups in total. The molecule has 10 rings (SSSR count). The molecule has 8 aromatic rings. The van der Waals surface area contributed by atoms with Crippen molar-refractivity contribution >= 4 is 83.1 Å². The molecule has 2 aliphatic carbocycles. The number of anilines is 4. The number of hydrogen-bond acceptors (Lipinski definition) is 11. The first kappa shape index (κ1) is 55.2.